The van der Waals surface area contributed by atoms with Gasteiger partial charge in [0.2, 0.25) is 0 Å². The van der Waals surface area contributed by atoms with E-state index in [0.29, 0.717) is 18.4 Å². The van der Waals surface area contributed by atoms with Gasteiger partial charge < -0.3 is 15.1 Å². The number of hydrogen-bond acceptors (Lipinski definition) is 7. The van der Waals surface area contributed by atoms with Crippen molar-refractivity contribution in [3.8, 4) is 0 Å². The highest BCUT2D eigenvalue weighted by atomic mass is 32.2. The molecular weight excluding hydrogens is 418 g/mol. The molecule has 1 unspecified atom stereocenters. The number of benzene rings is 1. The van der Waals surface area contributed by atoms with Crippen LogP contribution < -0.4 is 10.6 Å². The van der Waals surface area contributed by atoms with Crippen LogP contribution in [0.3, 0.4) is 0 Å². The molecule has 7 nitrogen and oxygen atoms in total. The standard InChI is InChI=1S/C21H32N5O2S2/c1-22-20(14-25(27)28)23-11-13-29-16-19-17-30-21(24-19)15-26(2,3)12-7-10-18-8-5-4-6-9-18/h4-10,14,19,22-23H,11-13,15-17H2,1-3H3/q+1/b10-7+,20-14+. The lowest BCUT2D eigenvalue weighted by Crippen LogP contribution is -2.43. The van der Waals surface area contributed by atoms with Crippen LogP contribution in [0.2, 0.25) is 0 Å². The number of nitro groups is 1. The molecule has 0 saturated carbocycles. The Morgan fingerprint density at radius 1 is 1.40 bits per heavy atom. The van der Waals surface area contributed by atoms with E-state index in [1.54, 1.807) is 7.05 Å². The van der Waals surface area contributed by atoms with Crippen molar-refractivity contribution in [2.24, 2.45) is 4.99 Å². The molecule has 1 aliphatic rings. The lowest BCUT2D eigenvalue weighted by atomic mass is 10.2. The predicted octanol–water partition coefficient (Wildman–Crippen LogP) is 2.91. The largest absolute Gasteiger partial charge is 0.370 e. The number of nitrogens with one attached hydrogen (secondary N) is 2. The molecule has 0 saturated heterocycles. The molecule has 1 heterocycles. The summed E-state index contributed by atoms with van der Waals surface area (Å²) in [5, 5.41) is 17.6. The fraction of sp³-hybridized carbons (Fsp3) is 0.476. The predicted molar refractivity (Wildman–Crippen MR) is 130 cm³/mol. The van der Waals surface area contributed by atoms with E-state index in [0.717, 1.165) is 41.0 Å². The van der Waals surface area contributed by atoms with Crippen molar-refractivity contribution in [1.82, 2.24) is 10.6 Å². The molecule has 0 spiro atoms. The molecule has 164 valence electrons. The Bertz CT molecular complexity index is 766. The third kappa shape index (κ3) is 9.69. The fourth-order valence-electron chi connectivity index (χ4n) is 2.89. The maximum atomic E-state index is 10.5. The van der Waals surface area contributed by atoms with Crippen molar-refractivity contribution in [2.75, 3.05) is 58.0 Å². The fourth-order valence-corrected chi connectivity index (χ4v) is 5.16. The second-order valence-corrected chi connectivity index (χ2v) is 9.90. The minimum absolute atomic E-state index is 0.355. The Kier molecular flexibility index (Phi) is 10.3. The van der Waals surface area contributed by atoms with E-state index in [1.165, 1.54) is 10.6 Å². The summed E-state index contributed by atoms with van der Waals surface area (Å²) in [7, 11) is 6.15. The van der Waals surface area contributed by atoms with Gasteiger partial charge in [0, 0.05) is 30.9 Å². The molecule has 2 rings (SSSR count). The summed E-state index contributed by atoms with van der Waals surface area (Å²) in [6.45, 7) is 2.59. The molecule has 0 bridgehead atoms. The van der Waals surface area contributed by atoms with Crippen LogP contribution >= 0.6 is 23.5 Å². The smallest absolute Gasteiger partial charge is 0.274 e. The second-order valence-electron chi connectivity index (χ2n) is 7.66. The summed E-state index contributed by atoms with van der Waals surface area (Å²) in [6.07, 6.45) is 5.37. The molecule has 1 aromatic rings. The quantitative estimate of drug-likeness (QED) is 0.208. The molecule has 0 aliphatic carbocycles. The van der Waals surface area contributed by atoms with Gasteiger partial charge in [0.1, 0.15) is 11.6 Å². The Balaban J connectivity index is 1.68. The van der Waals surface area contributed by atoms with Gasteiger partial charge in [0.15, 0.2) is 5.82 Å². The van der Waals surface area contributed by atoms with Crippen LogP contribution in [0.25, 0.3) is 6.08 Å². The first-order valence-corrected chi connectivity index (χ1v) is 12.1. The van der Waals surface area contributed by atoms with Gasteiger partial charge in [-0.05, 0) is 11.6 Å². The van der Waals surface area contributed by atoms with Crippen molar-refractivity contribution in [3.63, 3.8) is 0 Å². The Morgan fingerprint density at radius 3 is 2.87 bits per heavy atom. The first-order valence-electron chi connectivity index (χ1n) is 9.96. The zero-order valence-electron chi connectivity index (χ0n) is 17.9. The average molecular weight is 451 g/mol. The highest BCUT2D eigenvalue weighted by Gasteiger charge is 2.24. The average Bonchev–Trinajstić information content (AvgIpc) is 3.13. The van der Waals surface area contributed by atoms with Crippen molar-refractivity contribution in [2.45, 2.75) is 6.04 Å². The molecule has 9 heteroatoms. The molecule has 1 aliphatic heterocycles. The minimum atomic E-state index is -0.463. The zero-order chi connectivity index (χ0) is 21.8. The van der Waals surface area contributed by atoms with Gasteiger partial charge >= 0.3 is 0 Å². The third-order valence-electron chi connectivity index (χ3n) is 4.42. The summed E-state index contributed by atoms with van der Waals surface area (Å²) < 4.78 is 0.883. The topological polar surface area (TPSA) is 79.6 Å². The van der Waals surface area contributed by atoms with E-state index < -0.39 is 4.92 Å². The van der Waals surface area contributed by atoms with E-state index >= 15 is 0 Å². The van der Waals surface area contributed by atoms with Gasteiger partial charge in [-0.15, -0.1) is 11.8 Å². The van der Waals surface area contributed by atoms with Gasteiger partial charge in [0.05, 0.1) is 31.6 Å². The summed E-state index contributed by atoms with van der Waals surface area (Å²) in [5.41, 5.74) is 1.23. The normalized spacial score (nSPS) is 17.2. The van der Waals surface area contributed by atoms with E-state index in [4.69, 9.17) is 4.99 Å². The van der Waals surface area contributed by atoms with E-state index in [1.807, 2.05) is 29.6 Å². The van der Waals surface area contributed by atoms with Crippen LogP contribution in [-0.4, -0.2) is 78.5 Å². The Labute approximate surface area is 187 Å². The van der Waals surface area contributed by atoms with Crippen LogP contribution in [0, 0.1) is 10.1 Å². The monoisotopic (exact) mass is 450 g/mol. The van der Waals surface area contributed by atoms with Crippen LogP contribution in [0.4, 0.5) is 0 Å². The summed E-state index contributed by atoms with van der Waals surface area (Å²) in [4.78, 5) is 15.0. The van der Waals surface area contributed by atoms with E-state index in [9.17, 15) is 10.1 Å². The number of aliphatic imine (C=N–C) groups is 1. The second kappa shape index (κ2) is 12.7. The highest BCUT2D eigenvalue weighted by molar-refractivity contribution is 8.14. The molecule has 0 fully saturated rings. The third-order valence-corrected chi connectivity index (χ3v) is 6.65. The maximum absolute atomic E-state index is 10.5. The van der Waals surface area contributed by atoms with Crippen molar-refractivity contribution in [1.29, 1.82) is 0 Å². The molecule has 0 aromatic heterocycles. The van der Waals surface area contributed by atoms with Crippen LogP contribution in [0.5, 0.6) is 0 Å². The van der Waals surface area contributed by atoms with Crippen LogP contribution in [0.1, 0.15) is 5.56 Å². The summed E-state index contributed by atoms with van der Waals surface area (Å²) in [5.74, 6) is 3.33. The molecule has 2 N–H and O–H groups in total. The Morgan fingerprint density at radius 2 is 2.17 bits per heavy atom. The molecule has 0 radical (unpaired) electrons. The van der Waals surface area contributed by atoms with Gasteiger partial charge in [-0.3, -0.25) is 15.1 Å². The number of quaternary nitrogens is 1. The van der Waals surface area contributed by atoms with E-state index in [-0.39, 0.29) is 0 Å². The summed E-state index contributed by atoms with van der Waals surface area (Å²) >= 11 is 3.70. The first-order chi connectivity index (χ1) is 14.4. The molecule has 1 atom stereocenters. The van der Waals surface area contributed by atoms with Gasteiger partial charge in [-0.25, -0.2) is 0 Å². The number of thioether (sulfide) groups is 2. The number of nitrogens with zero attached hydrogens (tertiary/aromatic N) is 3. The zero-order valence-corrected chi connectivity index (χ0v) is 19.5. The molecule has 1 aromatic carbocycles. The lowest BCUT2D eigenvalue weighted by Gasteiger charge is -2.28. The lowest BCUT2D eigenvalue weighted by molar-refractivity contribution is -0.875. The van der Waals surface area contributed by atoms with Crippen molar-refractivity contribution < 1.29 is 9.41 Å². The maximum Gasteiger partial charge on any atom is 0.274 e. The first kappa shape index (κ1) is 24.3. The number of hydrogen-bond donors (Lipinski definition) is 2. The number of likely N-dealkylation sites (N-methyl/N-ethyl adjacent to an activating group) is 1. The number of rotatable bonds is 13. The van der Waals surface area contributed by atoms with Gasteiger partial charge in [-0.2, -0.15) is 11.8 Å². The molecular formula is C21H32N5O2S2+. The minimum Gasteiger partial charge on any atom is -0.370 e. The van der Waals surface area contributed by atoms with Gasteiger partial charge in [0.25, 0.3) is 6.20 Å². The van der Waals surface area contributed by atoms with Crippen molar-refractivity contribution in [3.05, 3.63) is 64.1 Å². The summed E-state index contributed by atoms with van der Waals surface area (Å²) in [6, 6.07) is 10.7. The highest BCUT2D eigenvalue weighted by Crippen LogP contribution is 2.22. The van der Waals surface area contributed by atoms with E-state index in [2.05, 4.69) is 61.1 Å². The molecule has 30 heavy (non-hydrogen) atoms. The SMILES string of the molecule is CN/C(=C\[N+](=O)[O-])NCCSCC1CSC(C[N+](C)(C)C/C=C/c2ccccc2)=N1. The van der Waals surface area contributed by atoms with Crippen LogP contribution in [-0.2, 0) is 0 Å². The Hall–Kier alpha value is -1.97. The van der Waals surface area contributed by atoms with Crippen molar-refractivity contribution >= 4 is 34.6 Å². The van der Waals surface area contributed by atoms with Crippen LogP contribution in [0.15, 0.2) is 53.4 Å². The molecule has 0 amide bonds. The van der Waals surface area contributed by atoms with Gasteiger partial charge in [-0.1, -0.05) is 36.4 Å².